The summed E-state index contributed by atoms with van der Waals surface area (Å²) < 4.78 is 1.78. The molecule has 0 fully saturated rings. The fourth-order valence-electron chi connectivity index (χ4n) is 4.61. The molecule has 11 nitrogen and oxygen atoms in total. The zero-order chi connectivity index (χ0) is 29.6. The number of hydrogen-bond acceptors (Lipinski definition) is 10. The summed E-state index contributed by atoms with van der Waals surface area (Å²) in [6, 6.07) is 26.5. The summed E-state index contributed by atoms with van der Waals surface area (Å²) in [5.74, 6) is -0.207. The molecule has 0 unspecified atom stereocenters. The molecule has 5 aromatic rings. The van der Waals surface area contributed by atoms with E-state index in [4.69, 9.17) is 0 Å². The van der Waals surface area contributed by atoms with Crippen molar-refractivity contribution in [2.45, 2.75) is 26.4 Å². The maximum Gasteiger partial charge on any atom is 0.179 e. The van der Waals surface area contributed by atoms with Crippen molar-refractivity contribution in [3.8, 4) is 24.3 Å². The van der Waals surface area contributed by atoms with Crippen molar-refractivity contribution < 1.29 is 4.79 Å². The molecule has 0 atom stereocenters. The third-order valence-electron chi connectivity index (χ3n) is 6.62. The predicted octanol–water partition coefficient (Wildman–Crippen LogP) is 4.10. The van der Waals surface area contributed by atoms with Crippen LogP contribution in [0.2, 0.25) is 0 Å². The smallest absolute Gasteiger partial charge is 0.179 e. The van der Waals surface area contributed by atoms with Gasteiger partial charge in [0.2, 0.25) is 0 Å². The third kappa shape index (κ3) is 5.22. The summed E-state index contributed by atoms with van der Waals surface area (Å²) in [6.45, 7) is 2.44. The van der Waals surface area contributed by atoms with Crippen molar-refractivity contribution in [2.24, 2.45) is 0 Å². The molecule has 1 N–H and O–H groups in total. The average molecular weight is 549 g/mol. The Morgan fingerprint density at radius 2 is 1.31 bits per heavy atom. The second-order valence-electron chi connectivity index (χ2n) is 9.23. The highest BCUT2D eigenvalue weighted by Crippen LogP contribution is 2.28. The fourth-order valence-corrected chi connectivity index (χ4v) is 4.61. The molecule has 0 saturated heterocycles. The lowest BCUT2D eigenvalue weighted by molar-refractivity contribution is 0.0992. The Morgan fingerprint density at radius 1 is 0.762 bits per heavy atom. The molecule has 42 heavy (non-hydrogen) atoms. The van der Waals surface area contributed by atoms with Crippen molar-refractivity contribution >= 4 is 22.8 Å². The predicted molar refractivity (Wildman–Crippen MR) is 151 cm³/mol. The normalized spacial score (nSPS) is 10.3. The van der Waals surface area contributed by atoms with E-state index in [-0.39, 0.29) is 51.8 Å². The second kappa shape index (κ2) is 11.8. The van der Waals surface area contributed by atoms with Crippen LogP contribution >= 0.6 is 0 Å². The first kappa shape index (κ1) is 27.1. The summed E-state index contributed by atoms with van der Waals surface area (Å²) >= 11 is 0. The number of rotatable bonds is 8. The van der Waals surface area contributed by atoms with E-state index < -0.39 is 5.78 Å². The maximum absolute atomic E-state index is 14.0. The summed E-state index contributed by atoms with van der Waals surface area (Å²) in [6.07, 6.45) is -0.278. The van der Waals surface area contributed by atoms with Crippen LogP contribution in [0, 0.1) is 52.2 Å². The number of Topliss-reactive ketones (excluding diaryl/α,β-unsaturated/α-hetero) is 1. The highest BCUT2D eigenvalue weighted by Gasteiger charge is 2.26. The monoisotopic (exact) mass is 548 g/mol. The molecule has 200 valence electrons. The van der Waals surface area contributed by atoms with Gasteiger partial charge < -0.3 is 9.88 Å². The number of ketones is 1. The van der Waals surface area contributed by atoms with E-state index in [9.17, 15) is 25.8 Å². The molecule has 0 aliphatic rings. The van der Waals surface area contributed by atoms with Gasteiger partial charge in [-0.05, 0) is 18.1 Å². The summed E-state index contributed by atoms with van der Waals surface area (Å²) in [4.78, 5) is 31.4. The highest BCUT2D eigenvalue weighted by atomic mass is 16.1. The van der Waals surface area contributed by atoms with Crippen LogP contribution in [0.15, 0.2) is 60.7 Å². The first-order chi connectivity index (χ1) is 20.5. The quantitative estimate of drug-likeness (QED) is 0.277. The zero-order valence-corrected chi connectivity index (χ0v) is 22.3. The molecule has 11 heteroatoms. The molecule has 0 bridgehead atoms. The average Bonchev–Trinajstić information content (AvgIpc) is 3.29. The van der Waals surface area contributed by atoms with Gasteiger partial charge in [-0.25, -0.2) is 19.9 Å². The molecule has 0 saturated carbocycles. The molecule has 0 radical (unpaired) electrons. The third-order valence-corrected chi connectivity index (χ3v) is 6.62. The van der Waals surface area contributed by atoms with E-state index in [0.29, 0.717) is 24.4 Å². The topological polar surface area (TPSA) is 181 Å². The molecule has 3 aromatic heterocycles. The number of hydrogen-bond donors (Lipinski definition) is 1. The van der Waals surface area contributed by atoms with Crippen molar-refractivity contribution in [3.05, 3.63) is 112 Å². The van der Waals surface area contributed by atoms with E-state index in [1.807, 2.05) is 84.9 Å². The molecule has 3 heterocycles. The number of aromatic nitrogens is 5. The minimum atomic E-state index is -0.405. The van der Waals surface area contributed by atoms with Gasteiger partial charge in [-0.3, -0.25) is 4.79 Å². The van der Waals surface area contributed by atoms with Gasteiger partial charge in [0.05, 0.1) is 17.7 Å². The molecule has 5 rings (SSSR count). The summed E-state index contributed by atoms with van der Waals surface area (Å²) in [5, 5.41) is 41.4. The Labute approximate surface area is 240 Å². The van der Waals surface area contributed by atoms with Crippen molar-refractivity contribution in [3.63, 3.8) is 0 Å². The zero-order valence-electron chi connectivity index (χ0n) is 22.3. The van der Waals surface area contributed by atoms with Crippen molar-refractivity contribution in [1.82, 2.24) is 24.5 Å². The molecule has 0 aliphatic carbocycles. The van der Waals surface area contributed by atoms with Crippen LogP contribution in [0.1, 0.15) is 55.6 Å². The first-order valence-electron chi connectivity index (χ1n) is 12.7. The van der Waals surface area contributed by atoms with E-state index in [2.05, 4.69) is 25.3 Å². The Balaban J connectivity index is 1.61. The van der Waals surface area contributed by atoms with Gasteiger partial charge >= 0.3 is 0 Å². The van der Waals surface area contributed by atoms with E-state index in [1.54, 1.807) is 11.5 Å². The fraction of sp³-hybridized carbons (Fsp3) is 0.129. The highest BCUT2D eigenvalue weighted by molar-refractivity contribution is 6.08. The van der Waals surface area contributed by atoms with Crippen molar-refractivity contribution in [1.29, 1.82) is 21.0 Å². The summed E-state index contributed by atoms with van der Waals surface area (Å²) in [5.41, 5.74) is 2.60. The number of benzene rings is 2. The molecular weight excluding hydrogens is 528 g/mol. The lowest BCUT2D eigenvalue weighted by Crippen LogP contribution is -2.14. The lowest BCUT2D eigenvalue weighted by atomic mass is 10.1. The first-order valence-corrected chi connectivity index (χ1v) is 12.7. The lowest BCUT2D eigenvalue weighted by Gasteiger charge is -2.12. The number of carbonyl (C=O) groups is 1. The Bertz CT molecular complexity index is 2000. The number of nitrogens with zero attached hydrogens (tertiary/aromatic N) is 9. The molecular formula is C31H20N10O. The summed E-state index contributed by atoms with van der Waals surface area (Å²) in [7, 11) is 0. The van der Waals surface area contributed by atoms with Crippen LogP contribution in [-0.4, -0.2) is 30.3 Å². The van der Waals surface area contributed by atoms with Gasteiger partial charge in [-0.1, -0.05) is 60.7 Å². The molecule has 0 amide bonds. The Kier molecular flexibility index (Phi) is 7.60. The number of fused-ring (bicyclic) bond motifs is 1. The van der Waals surface area contributed by atoms with Gasteiger partial charge in [0.1, 0.15) is 35.6 Å². The van der Waals surface area contributed by atoms with E-state index >= 15 is 0 Å². The maximum atomic E-state index is 14.0. The van der Waals surface area contributed by atoms with Gasteiger partial charge in [-0.2, -0.15) is 21.0 Å². The van der Waals surface area contributed by atoms with E-state index in [1.165, 1.54) is 0 Å². The molecule has 0 aliphatic heterocycles. The number of nitriles is 4. The van der Waals surface area contributed by atoms with Crippen LogP contribution in [0.4, 0.5) is 5.82 Å². The van der Waals surface area contributed by atoms with Gasteiger partial charge in [0.25, 0.3) is 0 Å². The SMILES string of the molecule is Cc1c(C(=O)Cc2nc(C#N)c(C#N)nc2NCc2ccccc2)c2nc(C#N)c(C#N)nc2n1Cc1ccccc1. The number of carbonyl (C=O) groups excluding carboxylic acids is 1. The van der Waals surface area contributed by atoms with Crippen LogP contribution in [0.25, 0.3) is 11.2 Å². The van der Waals surface area contributed by atoms with Gasteiger partial charge in [-0.15, -0.1) is 0 Å². The van der Waals surface area contributed by atoms with Crippen molar-refractivity contribution in [2.75, 3.05) is 5.32 Å². The standard InChI is InChI=1S/C31H20N10O/c1-19-28(29-31(40-26(16-35)24(14-33)38-29)41(19)18-21-10-6-3-7-11-21)27(42)12-22-30(36-17-20-8-4-2-5-9-20)39-25(15-34)23(13-32)37-22/h2-11H,12,17-18H2,1H3,(H,36,39). The van der Waals surface area contributed by atoms with Crippen LogP contribution in [0.3, 0.4) is 0 Å². The number of anilines is 1. The minimum absolute atomic E-state index is 0.139. The van der Waals surface area contributed by atoms with Crippen LogP contribution < -0.4 is 5.32 Å². The largest absolute Gasteiger partial charge is 0.364 e. The van der Waals surface area contributed by atoms with Gasteiger partial charge in [0.15, 0.2) is 34.2 Å². The van der Waals surface area contributed by atoms with Crippen LogP contribution in [-0.2, 0) is 19.5 Å². The minimum Gasteiger partial charge on any atom is -0.364 e. The van der Waals surface area contributed by atoms with Gasteiger partial charge in [0, 0.05) is 18.8 Å². The number of nitrogens with one attached hydrogen (secondary N) is 1. The second-order valence-corrected chi connectivity index (χ2v) is 9.23. The molecule has 0 spiro atoms. The Morgan fingerprint density at radius 3 is 1.93 bits per heavy atom. The molecule has 2 aromatic carbocycles. The van der Waals surface area contributed by atoms with E-state index in [0.717, 1.165) is 11.1 Å². The Hall–Kier alpha value is -6.43. The van der Waals surface area contributed by atoms with Crippen LogP contribution in [0.5, 0.6) is 0 Å².